The number of carbonyl (C=O) groups excluding carboxylic acids is 3. The van der Waals surface area contributed by atoms with Crippen LogP contribution in [-0.4, -0.2) is 78.9 Å². The van der Waals surface area contributed by atoms with Crippen LogP contribution in [0.25, 0.3) is 0 Å². The van der Waals surface area contributed by atoms with Crippen molar-refractivity contribution in [2.24, 2.45) is 0 Å². The van der Waals surface area contributed by atoms with Gasteiger partial charge in [0.2, 0.25) is 11.8 Å². The van der Waals surface area contributed by atoms with Crippen LogP contribution in [0, 0.1) is 0 Å². The van der Waals surface area contributed by atoms with E-state index in [1.165, 1.54) is 11.1 Å². The number of imide groups is 1. The quantitative estimate of drug-likeness (QED) is 0.417. The zero-order valence-corrected chi connectivity index (χ0v) is 24.0. The molecule has 42 heavy (non-hydrogen) atoms. The topological polar surface area (TPSA) is 91.4 Å². The molecule has 3 aliphatic heterocycles. The third-order valence-electron chi connectivity index (χ3n) is 8.71. The first kappa shape index (κ1) is 27.9. The smallest absolute Gasteiger partial charge is 0.255 e. The minimum atomic E-state index is -0.605. The molecule has 3 aliphatic rings. The van der Waals surface area contributed by atoms with Gasteiger partial charge < -0.3 is 14.4 Å². The molecule has 3 aromatic carbocycles. The normalized spacial score (nSPS) is 19.6. The molecule has 1 N–H and O–H groups in total. The molecule has 0 bridgehead atoms. The predicted octanol–water partition coefficient (Wildman–Crippen LogP) is 3.37. The highest BCUT2D eigenvalue weighted by Crippen LogP contribution is 2.33. The SMILES string of the molecule is COc1ccc(C(c2ccc(OC)cc2)N2CCN(Cc3cccc4c3CN(C3CCC(=O)NC3=O)C4=O)CC2)cc1. The summed E-state index contributed by atoms with van der Waals surface area (Å²) in [6.45, 7) is 4.68. The standard InChI is InChI=1S/C33H36N4O5/c1-41-25-10-6-22(7-11-25)31(23-8-12-26(42-2)13-9-23)36-18-16-35(17-19-36)20-24-4-3-5-27-28(24)21-37(33(27)40)29-14-15-30(38)34-32(29)39/h3-13,29,31H,14-21H2,1-2H3,(H,34,38,39). The molecule has 6 rings (SSSR count). The van der Waals surface area contributed by atoms with Gasteiger partial charge in [0, 0.05) is 51.3 Å². The Morgan fingerprint density at radius 3 is 2.02 bits per heavy atom. The predicted molar refractivity (Wildman–Crippen MR) is 157 cm³/mol. The molecule has 9 nitrogen and oxygen atoms in total. The second kappa shape index (κ2) is 12.0. The van der Waals surface area contributed by atoms with Crippen LogP contribution >= 0.6 is 0 Å². The Morgan fingerprint density at radius 2 is 1.45 bits per heavy atom. The molecular formula is C33H36N4O5. The van der Waals surface area contributed by atoms with E-state index in [0.717, 1.165) is 55.3 Å². The number of carbonyl (C=O) groups is 3. The number of piperidine rings is 1. The summed E-state index contributed by atoms with van der Waals surface area (Å²) in [5.74, 6) is 0.881. The van der Waals surface area contributed by atoms with Crippen molar-refractivity contribution >= 4 is 17.7 Å². The lowest BCUT2D eigenvalue weighted by Crippen LogP contribution is -2.52. The zero-order valence-electron chi connectivity index (χ0n) is 24.0. The molecule has 3 heterocycles. The fourth-order valence-corrected chi connectivity index (χ4v) is 6.41. The molecule has 0 radical (unpaired) electrons. The van der Waals surface area contributed by atoms with Crippen LogP contribution in [0.2, 0.25) is 0 Å². The number of hydrogen-bond donors (Lipinski definition) is 1. The average Bonchev–Trinajstić information content (AvgIpc) is 3.35. The molecular weight excluding hydrogens is 532 g/mol. The highest BCUT2D eigenvalue weighted by Gasteiger charge is 2.40. The van der Waals surface area contributed by atoms with E-state index in [4.69, 9.17) is 9.47 Å². The van der Waals surface area contributed by atoms with Crippen LogP contribution in [0.4, 0.5) is 0 Å². The number of rotatable bonds is 8. The number of benzene rings is 3. The molecule has 1 atom stereocenters. The van der Waals surface area contributed by atoms with E-state index in [9.17, 15) is 14.4 Å². The van der Waals surface area contributed by atoms with Crippen molar-refractivity contribution < 1.29 is 23.9 Å². The first-order valence-electron chi connectivity index (χ1n) is 14.4. The highest BCUT2D eigenvalue weighted by atomic mass is 16.5. The third kappa shape index (κ3) is 5.49. The van der Waals surface area contributed by atoms with Gasteiger partial charge in [-0.1, -0.05) is 36.4 Å². The minimum absolute atomic E-state index is 0.102. The number of methoxy groups -OCH3 is 2. The number of nitrogens with zero attached hydrogens (tertiary/aromatic N) is 3. The lowest BCUT2D eigenvalue weighted by Gasteiger charge is -2.40. The number of piperazine rings is 1. The van der Waals surface area contributed by atoms with Crippen LogP contribution in [0.15, 0.2) is 66.7 Å². The summed E-state index contributed by atoms with van der Waals surface area (Å²) in [6, 6.07) is 22.0. The van der Waals surface area contributed by atoms with E-state index < -0.39 is 6.04 Å². The second-order valence-electron chi connectivity index (χ2n) is 11.1. The average molecular weight is 569 g/mol. The van der Waals surface area contributed by atoms with Crippen molar-refractivity contribution in [2.75, 3.05) is 40.4 Å². The Hall–Kier alpha value is -4.21. The fourth-order valence-electron chi connectivity index (χ4n) is 6.41. The van der Waals surface area contributed by atoms with Crippen LogP contribution < -0.4 is 14.8 Å². The number of amides is 3. The first-order valence-corrected chi connectivity index (χ1v) is 14.4. The largest absolute Gasteiger partial charge is 0.497 e. The van der Waals surface area contributed by atoms with Gasteiger partial charge in [0.15, 0.2) is 0 Å². The molecule has 3 amide bonds. The minimum Gasteiger partial charge on any atom is -0.497 e. The number of hydrogen-bond acceptors (Lipinski definition) is 7. The van der Waals surface area contributed by atoms with Gasteiger partial charge in [-0.2, -0.15) is 0 Å². The Labute approximate surface area is 246 Å². The molecule has 9 heteroatoms. The summed E-state index contributed by atoms with van der Waals surface area (Å²) in [4.78, 5) is 44.0. The van der Waals surface area contributed by atoms with E-state index in [-0.39, 0.29) is 30.2 Å². The molecule has 218 valence electrons. The Bertz CT molecular complexity index is 1420. The van der Waals surface area contributed by atoms with E-state index in [0.29, 0.717) is 18.5 Å². The molecule has 2 fully saturated rings. The number of ether oxygens (including phenoxy) is 2. The van der Waals surface area contributed by atoms with E-state index in [1.54, 1.807) is 19.1 Å². The van der Waals surface area contributed by atoms with E-state index in [2.05, 4.69) is 45.4 Å². The number of nitrogens with one attached hydrogen (secondary N) is 1. The summed E-state index contributed by atoms with van der Waals surface area (Å²) in [5, 5.41) is 2.38. The van der Waals surface area contributed by atoms with Gasteiger partial charge in [0.25, 0.3) is 5.91 Å². The highest BCUT2D eigenvalue weighted by molar-refractivity contribution is 6.05. The monoisotopic (exact) mass is 568 g/mol. The van der Waals surface area contributed by atoms with Gasteiger partial charge in [-0.05, 0) is 59.0 Å². The van der Waals surface area contributed by atoms with Crippen LogP contribution in [-0.2, 0) is 22.7 Å². The van der Waals surface area contributed by atoms with Crippen molar-refractivity contribution in [2.45, 2.75) is 38.0 Å². The van der Waals surface area contributed by atoms with Gasteiger partial charge in [0.05, 0.1) is 20.3 Å². The second-order valence-corrected chi connectivity index (χ2v) is 11.1. The molecule has 0 aliphatic carbocycles. The summed E-state index contributed by atoms with van der Waals surface area (Å²) in [7, 11) is 3.36. The Kier molecular flexibility index (Phi) is 7.95. The first-order chi connectivity index (χ1) is 20.4. The van der Waals surface area contributed by atoms with Crippen molar-refractivity contribution in [3.8, 4) is 11.5 Å². The summed E-state index contributed by atoms with van der Waals surface area (Å²) < 4.78 is 10.8. The van der Waals surface area contributed by atoms with E-state index >= 15 is 0 Å². The van der Waals surface area contributed by atoms with Crippen LogP contribution in [0.1, 0.15) is 51.5 Å². The summed E-state index contributed by atoms with van der Waals surface area (Å²) >= 11 is 0. The maximum atomic E-state index is 13.3. The fraction of sp³-hybridized carbons (Fsp3) is 0.364. The number of fused-ring (bicyclic) bond motifs is 1. The van der Waals surface area contributed by atoms with Gasteiger partial charge in [0.1, 0.15) is 17.5 Å². The lowest BCUT2D eigenvalue weighted by atomic mass is 9.96. The van der Waals surface area contributed by atoms with Crippen LogP contribution in [0.5, 0.6) is 11.5 Å². The van der Waals surface area contributed by atoms with E-state index in [1.807, 2.05) is 36.4 Å². The maximum Gasteiger partial charge on any atom is 0.255 e. The summed E-state index contributed by atoms with van der Waals surface area (Å²) in [5.41, 5.74) is 5.19. The zero-order chi connectivity index (χ0) is 29.2. The molecule has 0 aromatic heterocycles. The van der Waals surface area contributed by atoms with Crippen LogP contribution in [0.3, 0.4) is 0 Å². The van der Waals surface area contributed by atoms with Gasteiger partial charge >= 0.3 is 0 Å². The molecule has 0 spiro atoms. The molecule has 0 saturated carbocycles. The Morgan fingerprint density at radius 1 is 0.833 bits per heavy atom. The van der Waals surface area contributed by atoms with Crippen molar-refractivity contribution in [1.82, 2.24) is 20.0 Å². The summed E-state index contributed by atoms with van der Waals surface area (Å²) in [6.07, 6.45) is 0.618. The van der Waals surface area contributed by atoms with Gasteiger partial charge in [-0.3, -0.25) is 29.5 Å². The molecule has 2 saturated heterocycles. The van der Waals surface area contributed by atoms with Gasteiger partial charge in [-0.25, -0.2) is 0 Å². The third-order valence-corrected chi connectivity index (χ3v) is 8.71. The Balaban J connectivity index is 1.16. The molecule has 3 aromatic rings. The van der Waals surface area contributed by atoms with Crippen molar-refractivity contribution in [1.29, 1.82) is 0 Å². The van der Waals surface area contributed by atoms with Crippen molar-refractivity contribution in [3.05, 3.63) is 94.5 Å². The lowest BCUT2D eigenvalue weighted by molar-refractivity contribution is -0.136. The maximum absolute atomic E-state index is 13.3. The molecule has 1 unspecified atom stereocenters. The van der Waals surface area contributed by atoms with Crippen molar-refractivity contribution in [3.63, 3.8) is 0 Å². The van der Waals surface area contributed by atoms with Gasteiger partial charge in [-0.15, -0.1) is 0 Å².